The van der Waals surface area contributed by atoms with Crippen molar-refractivity contribution in [3.8, 4) is 5.75 Å². The maximum absolute atomic E-state index is 12.2. The minimum absolute atomic E-state index is 0.0409. The third kappa shape index (κ3) is 5.21. The smallest absolute Gasteiger partial charge is 0.375 e. The van der Waals surface area contributed by atoms with Gasteiger partial charge in [0.15, 0.2) is 6.61 Å². The van der Waals surface area contributed by atoms with Gasteiger partial charge in [-0.15, -0.1) is 0 Å². The molecule has 0 atom stereocenters. The van der Waals surface area contributed by atoms with Crippen molar-refractivity contribution in [2.45, 2.75) is 13.2 Å². The Kier molecular flexibility index (Phi) is 6.27. The summed E-state index contributed by atoms with van der Waals surface area (Å²) in [6, 6.07) is 12.8. The van der Waals surface area contributed by atoms with Crippen LogP contribution < -0.4 is 4.74 Å². The van der Waals surface area contributed by atoms with E-state index in [2.05, 4.69) is 0 Å². The number of carbonyl (C=O) groups is 2. The number of esters is 1. The molecule has 27 heavy (non-hydrogen) atoms. The lowest BCUT2D eigenvalue weighted by molar-refractivity contribution is -0.133. The quantitative estimate of drug-likeness (QED) is 0.553. The fourth-order valence-corrected chi connectivity index (χ4v) is 3.01. The highest BCUT2D eigenvalue weighted by Gasteiger charge is 2.20. The Labute approximate surface area is 160 Å². The fourth-order valence-electron chi connectivity index (χ4n) is 2.35. The van der Waals surface area contributed by atoms with Gasteiger partial charge >= 0.3 is 5.97 Å². The molecule has 0 saturated carbocycles. The number of nitrogens with zero attached hydrogens (tertiary/aromatic N) is 1. The second kappa shape index (κ2) is 9.05. The molecule has 2 heterocycles. The minimum Gasteiger partial charge on any atom is -0.489 e. The van der Waals surface area contributed by atoms with Gasteiger partial charge in [-0.25, -0.2) is 4.79 Å². The van der Waals surface area contributed by atoms with E-state index in [1.165, 1.54) is 11.2 Å². The fraction of sp³-hybridized carbons (Fsp3) is 0.200. The van der Waals surface area contributed by atoms with Gasteiger partial charge in [0.25, 0.3) is 5.91 Å². The van der Waals surface area contributed by atoms with Crippen LogP contribution in [0, 0.1) is 0 Å². The normalized spacial score (nSPS) is 10.4. The summed E-state index contributed by atoms with van der Waals surface area (Å²) in [5, 5.41) is 3.92. The van der Waals surface area contributed by atoms with Crippen LogP contribution in [0.4, 0.5) is 0 Å². The van der Waals surface area contributed by atoms with Gasteiger partial charge in [0.1, 0.15) is 12.4 Å². The number of benzene rings is 1. The molecule has 0 aliphatic rings. The molecule has 1 aromatic carbocycles. The molecule has 0 unspecified atom stereocenters. The molecule has 0 aliphatic carbocycles. The first-order valence-electron chi connectivity index (χ1n) is 8.30. The molecule has 3 rings (SSSR count). The highest BCUT2D eigenvalue weighted by molar-refractivity contribution is 7.07. The molecule has 6 nitrogen and oxygen atoms in total. The number of para-hydroxylation sites is 1. The molecule has 2 aromatic heterocycles. The van der Waals surface area contributed by atoms with Gasteiger partial charge in [-0.05, 0) is 40.6 Å². The molecule has 7 heteroatoms. The van der Waals surface area contributed by atoms with E-state index in [1.807, 2.05) is 47.2 Å². The monoisotopic (exact) mass is 385 g/mol. The van der Waals surface area contributed by atoms with Gasteiger partial charge in [0, 0.05) is 19.2 Å². The van der Waals surface area contributed by atoms with Crippen molar-refractivity contribution < 1.29 is 23.5 Å². The second-order valence-electron chi connectivity index (χ2n) is 5.83. The molecular formula is C20H19NO5S. The average molecular weight is 385 g/mol. The lowest BCUT2D eigenvalue weighted by Gasteiger charge is -2.16. The Balaban J connectivity index is 1.51. The average Bonchev–Trinajstić information content (AvgIpc) is 3.36. The number of furan rings is 1. The van der Waals surface area contributed by atoms with Crippen molar-refractivity contribution in [1.29, 1.82) is 0 Å². The van der Waals surface area contributed by atoms with Crippen molar-refractivity contribution in [1.82, 2.24) is 4.90 Å². The zero-order valence-corrected chi connectivity index (χ0v) is 15.6. The molecule has 0 fully saturated rings. The van der Waals surface area contributed by atoms with Crippen molar-refractivity contribution in [3.05, 3.63) is 76.4 Å². The number of likely N-dealkylation sites (N-methyl/N-ethyl adjacent to an activating group) is 1. The lowest BCUT2D eigenvalue weighted by Crippen LogP contribution is -2.30. The second-order valence-corrected chi connectivity index (χ2v) is 6.61. The van der Waals surface area contributed by atoms with Crippen LogP contribution in [0.15, 0.2) is 63.9 Å². The van der Waals surface area contributed by atoms with Gasteiger partial charge in [0.05, 0.1) is 6.26 Å². The SMILES string of the molecule is CN(Cc1ccsc1)C(=O)COC(=O)c1occc1COc1ccccc1. The largest absolute Gasteiger partial charge is 0.489 e. The first kappa shape index (κ1) is 18.7. The van der Waals surface area contributed by atoms with E-state index in [4.69, 9.17) is 13.9 Å². The van der Waals surface area contributed by atoms with E-state index in [0.29, 0.717) is 17.9 Å². The van der Waals surface area contributed by atoms with Crippen LogP contribution in [0.25, 0.3) is 0 Å². The van der Waals surface area contributed by atoms with E-state index >= 15 is 0 Å². The Hall–Kier alpha value is -3.06. The first-order chi connectivity index (χ1) is 13.1. The number of amides is 1. The number of hydrogen-bond donors (Lipinski definition) is 0. The third-order valence-corrected chi connectivity index (χ3v) is 4.55. The number of carbonyl (C=O) groups excluding carboxylic acids is 2. The van der Waals surface area contributed by atoms with Crippen molar-refractivity contribution in [2.24, 2.45) is 0 Å². The van der Waals surface area contributed by atoms with E-state index < -0.39 is 5.97 Å². The predicted octanol–water partition coefficient (Wildman–Crippen LogP) is 3.74. The van der Waals surface area contributed by atoms with Crippen LogP contribution >= 0.6 is 11.3 Å². The van der Waals surface area contributed by atoms with E-state index in [-0.39, 0.29) is 24.9 Å². The molecule has 0 saturated heterocycles. The summed E-state index contributed by atoms with van der Waals surface area (Å²) < 4.78 is 15.9. The standard InChI is InChI=1S/C20H19NO5S/c1-21(11-15-8-10-27-14-15)18(22)13-26-20(23)19-16(7-9-24-19)12-25-17-5-3-2-4-6-17/h2-10,14H,11-13H2,1H3. The van der Waals surface area contributed by atoms with Crippen LogP contribution in [0.3, 0.4) is 0 Å². The Morgan fingerprint density at radius 1 is 1.15 bits per heavy atom. The van der Waals surface area contributed by atoms with Crippen LogP contribution in [-0.2, 0) is 22.7 Å². The maximum atomic E-state index is 12.2. The molecule has 0 N–H and O–H groups in total. The van der Waals surface area contributed by atoms with Crippen LogP contribution in [-0.4, -0.2) is 30.4 Å². The summed E-state index contributed by atoms with van der Waals surface area (Å²) in [4.78, 5) is 25.9. The zero-order valence-electron chi connectivity index (χ0n) is 14.8. The van der Waals surface area contributed by atoms with Crippen LogP contribution in [0.2, 0.25) is 0 Å². The summed E-state index contributed by atoms with van der Waals surface area (Å²) in [6.07, 6.45) is 1.39. The molecule has 1 amide bonds. The number of ether oxygens (including phenoxy) is 2. The maximum Gasteiger partial charge on any atom is 0.375 e. The lowest BCUT2D eigenvalue weighted by atomic mass is 10.2. The summed E-state index contributed by atoms with van der Waals surface area (Å²) in [7, 11) is 1.67. The van der Waals surface area contributed by atoms with Gasteiger partial charge in [-0.2, -0.15) is 11.3 Å². The third-order valence-electron chi connectivity index (χ3n) is 3.82. The van der Waals surface area contributed by atoms with Gasteiger partial charge in [0.2, 0.25) is 5.76 Å². The Morgan fingerprint density at radius 2 is 1.96 bits per heavy atom. The summed E-state index contributed by atoms with van der Waals surface area (Å²) in [5.41, 5.74) is 1.59. The zero-order chi connectivity index (χ0) is 19.1. The summed E-state index contributed by atoms with van der Waals surface area (Å²) in [5.74, 6) is -0.255. The van der Waals surface area contributed by atoms with E-state index in [9.17, 15) is 9.59 Å². The molecule has 0 spiro atoms. The first-order valence-corrected chi connectivity index (χ1v) is 9.24. The summed E-state index contributed by atoms with van der Waals surface area (Å²) >= 11 is 1.57. The van der Waals surface area contributed by atoms with Crippen molar-refractivity contribution in [2.75, 3.05) is 13.7 Å². The van der Waals surface area contributed by atoms with Gasteiger partial charge < -0.3 is 18.8 Å². The summed E-state index contributed by atoms with van der Waals surface area (Å²) in [6.45, 7) is 0.285. The molecule has 0 aliphatic heterocycles. The highest BCUT2D eigenvalue weighted by atomic mass is 32.1. The molecule has 0 bridgehead atoms. The van der Waals surface area contributed by atoms with Crippen LogP contribution in [0.1, 0.15) is 21.7 Å². The topological polar surface area (TPSA) is 69.0 Å². The number of hydrogen-bond acceptors (Lipinski definition) is 6. The predicted molar refractivity (Wildman–Crippen MR) is 101 cm³/mol. The number of thiophene rings is 1. The highest BCUT2D eigenvalue weighted by Crippen LogP contribution is 2.17. The minimum atomic E-state index is -0.691. The Morgan fingerprint density at radius 3 is 2.70 bits per heavy atom. The molecule has 3 aromatic rings. The van der Waals surface area contributed by atoms with Crippen molar-refractivity contribution >= 4 is 23.2 Å². The molecule has 140 valence electrons. The van der Waals surface area contributed by atoms with Crippen molar-refractivity contribution in [3.63, 3.8) is 0 Å². The number of rotatable bonds is 8. The van der Waals surface area contributed by atoms with Gasteiger partial charge in [-0.3, -0.25) is 4.79 Å². The van der Waals surface area contributed by atoms with E-state index in [1.54, 1.807) is 24.5 Å². The van der Waals surface area contributed by atoms with E-state index in [0.717, 1.165) is 5.56 Å². The van der Waals surface area contributed by atoms with Crippen LogP contribution in [0.5, 0.6) is 5.75 Å². The Bertz CT molecular complexity index is 873. The van der Waals surface area contributed by atoms with Gasteiger partial charge in [-0.1, -0.05) is 18.2 Å². The molecular weight excluding hydrogens is 366 g/mol. The molecule has 0 radical (unpaired) electrons.